The lowest BCUT2D eigenvalue weighted by Gasteiger charge is -2.04. The van der Waals surface area contributed by atoms with Gasteiger partial charge in [0.1, 0.15) is 0 Å². The summed E-state index contributed by atoms with van der Waals surface area (Å²) < 4.78 is 20.5. The number of carbonyl (C=O) groups is 1. The van der Waals surface area contributed by atoms with Crippen molar-refractivity contribution in [2.75, 3.05) is 14.2 Å². The van der Waals surface area contributed by atoms with E-state index < -0.39 is 0 Å². The van der Waals surface area contributed by atoms with Gasteiger partial charge in [-0.2, -0.15) is 0 Å². The zero-order valence-electron chi connectivity index (χ0n) is 13.5. The molecule has 9 heteroatoms. The number of benzene rings is 2. The molecule has 0 atom stereocenters. The number of rotatable bonds is 4. The number of nitrogens with zero attached hydrogens (tertiary/aromatic N) is 2. The third-order valence-electron chi connectivity index (χ3n) is 3.90. The van der Waals surface area contributed by atoms with Gasteiger partial charge in [-0.05, 0) is 34.6 Å². The quantitative estimate of drug-likeness (QED) is 0.471. The number of hydrogen-bond donors (Lipinski definition) is 0. The highest BCUT2D eigenvalue weighted by atomic mass is 35.5. The molecule has 4 rings (SSSR count). The Morgan fingerprint density at radius 1 is 0.846 bits per heavy atom. The van der Waals surface area contributed by atoms with E-state index in [2.05, 4.69) is 10.3 Å². The molecule has 2 aromatic heterocycles. The number of methoxy groups -OCH3 is 2. The normalized spacial score (nSPS) is 11.2. The van der Waals surface area contributed by atoms with Crippen molar-refractivity contribution >= 4 is 50.9 Å². The SMILES string of the molecule is COc1noc2c(Cl)cc(C(=O)c3cc(Cl)c4onc(OC)c4c3)cc12. The zero-order chi connectivity index (χ0) is 18.4. The third kappa shape index (κ3) is 2.48. The molecule has 2 heterocycles. The molecule has 0 saturated carbocycles. The molecule has 0 amide bonds. The molecule has 2 aromatic carbocycles. The molecule has 0 aliphatic rings. The molecule has 0 radical (unpaired) electrons. The molecule has 4 aromatic rings. The van der Waals surface area contributed by atoms with Gasteiger partial charge in [0.15, 0.2) is 16.9 Å². The average Bonchev–Trinajstić information content (AvgIpc) is 3.24. The lowest BCUT2D eigenvalue weighted by Crippen LogP contribution is -2.01. The summed E-state index contributed by atoms with van der Waals surface area (Å²) in [6.07, 6.45) is 0. The standard InChI is InChI=1S/C17H10Cl2N2O5/c1-23-16-9-3-7(5-11(18)14(9)25-20-16)13(22)8-4-10-15(12(19)6-8)26-21-17(10)24-2/h3-6H,1-2H3. The fraction of sp³-hybridized carbons (Fsp3) is 0.118. The lowest BCUT2D eigenvalue weighted by molar-refractivity contribution is 0.103. The van der Waals surface area contributed by atoms with Gasteiger partial charge in [-0.1, -0.05) is 23.2 Å². The van der Waals surface area contributed by atoms with Crippen molar-refractivity contribution in [1.82, 2.24) is 10.3 Å². The second-order valence-corrected chi connectivity index (χ2v) is 6.20. The molecule has 0 saturated heterocycles. The first-order valence-corrected chi connectivity index (χ1v) is 8.09. The van der Waals surface area contributed by atoms with E-state index in [4.69, 9.17) is 41.7 Å². The predicted octanol–water partition coefficient (Wildman–Crippen LogP) is 4.52. The van der Waals surface area contributed by atoms with E-state index in [0.717, 1.165) is 0 Å². The maximum atomic E-state index is 13.0. The van der Waals surface area contributed by atoms with Crippen LogP contribution in [0.3, 0.4) is 0 Å². The van der Waals surface area contributed by atoms with Gasteiger partial charge in [0.2, 0.25) is 0 Å². The number of carbonyl (C=O) groups excluding carboxylic acids is 1. The van der Waals surface area contributed by atoms with E-state index in [1.54, 1.807) is 12.1 Å². The van der Waals surface area contributed by atoms with E-state index in [1.807, 2.05) is 0 Å². The molecule has 0 fully saturated rings. The van der Waals surface area contributed by atoms with Gasteiger partial charge in [0.05, 0.1) is 35.0 Å². The van der Waals surface area contributed by atoms with Gasteiger partial charge in [-0.25, -0.2) is 0 Å². The minimum atomic E-state index is -0.302. The summed E-state index contributed by atoms with van der Waals surface area (Å²) in [5, 5.41) is 9.02. The fourth-order valence-corrected chi connectivity index (χ4v) is 3.19. The number of halogens is 2. The van der Waals surface area contributed by atoms with Crippen molar-refractivity contribution in [1.29, 1.82) is 0 Å². The second kappa shape index (κ2) is 6.19. The van der Waals surface area contributed by atoms with Gasteiger partial charge >= 0.3 is 0 Å². The van der Waals surface area contributed by atoms with E-state index >= 15 is 0 Å². The van der Waals surface area contributed by atoms with Crippen LogP contribution in [-0.2, 0) is 0 Å². The molecule has 0 N–H and O–H groups in total. The van der Waals surface area contributed by atoms with Crippen LogP contribution in [0.1, 0.15) is 15.9 Å². The molecule has 0 spiro atoms. The first-order valence-electron chi connectivity index (χ1n) is 7.34. The minimum absolute atomic E-state index is 0.241. The van der Waals surface area contributed by atoms with Crippen molar-refractivity contribution in [3.8, 4) is 11.8 Å². The summed E-state index contributed by atoms with van der Waals surface area (Å²) in [4.78, 5) is 13.0. The molecule has 26 heavy (non-hydrogen) atoms. The number of hydrogen-bond acceptors (Lipinski definition) is 7. The van der Waals surface area contributed by atoms with Crippen molar-refractivity contribution in [3.63, 3.8) is 0 Å². The highest BCUT2D eigenvalue weighted by molar-refractivity contribution is 6.36. The number of ketones is 1. The van der Waals surface area contributed by atoms with Gasteiger partial charge in [-0.15, -0.1) is 0 Å². The van der Waals surface area contributed by atoms with E-state index in [-0.39, 0.29) is 27.6 Å². The Morgan fingerprint density at radius 2 is 1.27 bits per heavy atom. The van der Waals surface area contributed by atoms with Crippen LogP contribution in [0.5, 0.6) is 11.8 Å². The predicted molar refractivity (Wildman–Crippen MR) is 94.6 cm³/mol. The summed E-state index contributed by atoms with van der Waals surface area (Å²) >= 11 is 12.4. The largest absolute Gasteiger partial charge is 0.478 e. The van der Waals surface area contributed by atoms with Crippen LogP contribution in [0.2, 0.25) is 10.0 Å². The second-order valence-electron chi connectivity index (χ2n) is 5.38. The molecular formula is C17H10Cl2N2O5. The van der Waals surface area contributed by atoms with Crippen LogP contribution in [0, 0.1) is 0 Å². The number of ether oxygens (including phenoxy) is 2. The maximum absolute atomic E-state index is 13.0. The van der Waals surface area contributed by atoms with Gasteiger partial charge in [0.25, 0.3) is 11.8 Å². The summed E-state index contributed by atoms with van der Waals surface area (Å²) in [5.74, 6) is 0.181. The minimum Gasteiger partial charge on any atom is -0.478 e. The summed E-state index contributed by atoms with van der Waals surface area (Å²) in [7, 11) is 2.90. The van der Waals surface area contributed by atoms with E-state index in [1.165, 1.54) is 26.4 Å². The van der Waals surface area contributed by atoms with E-state index in [9.17, 15) is 4.79 Å². The monoisotopic (exact) mass is 392 g/mol. The molecule has 0 aliphatic heterocycles. The third-order valence-corrected chi connectivity index (χ3v) is 4.46. The van der Waals surface area contributed by atoms with Crippen molar-refractivity contribution in [3.05, 3.63) is 45.4 Å². The molecule has 0 aliphatic carbocycles. The molecule has 7 nitrogen and oxygen atoms in total. The Bertz CT molecular complexity index is 1080. The van der Waals surface area contributed by atoms with Crippen LogP contribution in [0.15, 0.2) is 33.3 Å². The average molecular weight is 393 g/mol. The van der Waals surface area contributed by atoms with Crippen LogP contribution in [0.25, 0.3) is 21.9 Å². The Morgan fingerprint density at radius 3 is 1.65 bits per heavy atom. The molecule has 132 valence electrons. The highest BCUT2D eigenvalue weighted by Gasteiger charge is 2.21. The smallest absolute Gasteiger partial charge is 0.261 e. The molecule has 0 bridgehead atoms. The zero-order valence-corrected chi connectivity index (χ0v) is 15.0. The summed E-state index contributed by atoms with van der Waals surface area (Å²) in [6.45, 7) is 0. The van der Waals surface area contributed by atoms with Crippen LogP contribution in [0.4, 0.5) is 0 Å². The maximum Gasteiger partial charge on any atom is 0.261 e. The van der Waals surface area contributed by atoms with E-state index in [0.29, 0.717) is 33.1 Å². The summed E-state index contributed by atoms with van der Waals surface area (Å²) in [5.41, 5.74) is 1.34. The highest BCUT2D eigenvalue weighted by Crippen LogP contribution is 2.35. The lowest BCUT2D eigenvalue weighted by atomic mass is 10.0. The Kier molecular flexibility index (Phi) is 3.97. The van der Waals surface area contributed by atoms with Crippen LogP contribution < -0.4 is 9.47 Å². The Labute approximate surface area is 156 Å². The fourth-order valence-electron chi connectivity index (χ4n) is 2.69. The Hall–Kier alpha value is -2.77. The summed E-state index contributed by atoms with van der Waals surface area (Å²) in [6, 6.07) is 6.20. The number of aromatic nitrogens is 2. The topological polar surface area (TPSA) is 87.6 Å². The van der Waals surface area contributed by atoms with Gasteiger partial charge in [0, 0.05) is 11.1 Å². The molecule has 0 unspecified atom stereocenters. The first-order chi connectivity index (χ1) is 12.5. The van der Waals surface area contributed by atoms with Gasteiger partial charge < -0.3 is 18.5 Å². The van der Waals surface area contributed by atoms with Crippen molar-refractivity contribution in [2.45, 2.75) is 0 Å². The first kappa shape index (κ1) is 16.7. The van der Waals surface area contributed by atoms with Crippen LogP contribution >= 0.6 is 23.2 Å². The van der Waals surface area contributed by atoms with Crippen LogP contribution in [-0.4, -0.2) is 30.3 Å². The molecular weight excluding hydrogens is 383 g/mol. The van der Waals surface area contributed by atoms with Gasteiger partial charge in [-0.3, -0.25) is 4.79 Å². The van der Waals surface area contributed by atoms with Crippen molar-refractivity contribution in [2.24, 2.45) is 0 Å². The number of fused-ring (bicyclic) bond motifs is 2. The Balaban J connectivity index is 1.87. The van der Waals surface area contributed by atoms with Crippen molar-refractivity contribution < 1.29 is 23.3 Å².